The van der Waals surface area contributed by atoms with Crippen molar-refractivity contribution in [3.8, 4) is 11.4 Å². The van der Waals surface area contributed by atoms with Crippen LogP contribution in [0.25, 0.3) is 16.3 Å². The van der Waals surface area contributed by atoms with Gasteiger partial charge in [-0.2, -0.15) is 4.98 Å². The van der Waals surface area contributed by atoms with Crippen LogP contribution < -0.4 is 5.32 Å². The lowest BCUT2D eigenvalue weighted by Gasteiger charge is -2.05. The molecule has 0 aliphatic carbocycles. The quantitative estimate of drug-likeness (QED) is 0.552. The average molecular weight is 398 g/mol. The van der Waals surface area contributed by atoms with Gasteiger partial charge in [-0.15, -0.1) is 5.10 Å². The largest absolute Gasteiger partial charge is 0.352 e. The molecule has 8 heteroatoms. The van der Waals surface area contributed by atoms with E-state index in [1.807, 2.05) is 6.92 Å². The Labute approximate surface area is 163 Å². The fourth-order valence-electron chi connectivity index (χ4n) is 2.83. The van der Waals surface area contributed by atoms with Gasteiger partial charge in [0.2, 0.25) is 4.96 Å². The van der Waals surface area contributed by atoms with Gasteiger partial charge in [-0.3, -0.25) is 4.79 Å². The number of hydrogen-bond donors (Lipinski definition) is 1. The van der Waals surface area contributed by atoms with Gasteiger partial charge in [-0.25, -0.2) is 13.3 Å². The van der Waals surface area contributed by atoms with Gasteiger partial charge in [-0.1, -0.05) is 11.3 Å². The summed E-state index contributed by atoms with van der Waals surface area (Å²) in [6, 6.07) is 11.5. The molecular formula is C20H16F2N4OS. The Balaban J connectivity index is 1.44. The Bertz CT molecular complexity index is 1130. The van der Waals surface area contributed by atoms with Crippen LogP contribution in [0, 0.1) is 18.6 Å². The zero-order valence-corrected chi connectivity index (χ0v) is 15.8. The molecule has 0 bridgehead atoms. The van der Waals surface area contributed by atoms with E-state index in [4.69, 9.17) is 0 Å². The molecule has 1 N–H and O–H groups in total. The third-order valence-corrected chi connectivity index (χ3v) is 5.55. The first-order valence-corrected chi connectivity index (χ1v) is 9.47. The van der Waals surface area contributed by atoms with E-state index in [0.717, 1.165) is 21.1 Å². The van der Waals surface area contributed by atoms with Crippen LogP contribution in [0.1, 0.15) is 20.9 Å². The van der Waals surface area contributed by atoms with Gasteiger partial charge < -0.3 is 5.32 Å². The Morgan fingerprint density at radius 1 is 1.07 bits per heavy atom. The van der Waals surface area contributed by atoms with Crippen LogP contribution >= 0.6 is 11.3 Å². The minimum Gasteiger partial charge on any atom is -0.352 e. The first-order valence-electron chi connectivity index (χ1n) is 8.66. The summed E-state index contributed by atoms with van der Waals surface area (Å²) in [4.78, 5) is 18.4. The number of fused-ring (bicyclic) bond motifs is 1. The summed E-state index contributed by atoms with van der Waals surface area (Å²) in [5.74, 6) is -0.367. The molecule has 0 spiro atoms. The van der Waals surface area contributed by atoms with Crippen molar-refractivity contribution >= 4 is 22.2 Å². The Morgan fingerprint density at radius 2 is 1.71 bits per heavy atom. The average Bonchev–Trinajstić information content (AvgIpc) is 3.23. The smallest absolute Gasteiger partial charge is 0.251 e. The van der Waals surface area contributed by atoms with Crippen LogP contribution in [-0.4, -0.2) is 27.0 Å². The maximum atomic E-state index is 13.1. The van der Waals surface area contributed by atoms with Gasteiger partial charge in [0.05, 0.1) is 5.69 Å². The zero-order chi connectivity index (χ0) is 19.7. The highest BCUT2D eigenvalue weighted by molar-refractivity contribution is 7.17. The number of thiazole rings is 1. The van der Waals surface area contributed by atoms with Crippen molar-refractivity contribution < 1.29 is 13.6 Å². The van der Waals surface area contributed by atoms with E-state index in [1.54, 1.807) is 16.6 Å². The number of nitrogens with one attached hydrogen (secondary N) is 1. The predicted molar refractivity (Wildman–Crippen MR) is 103 cm³/mol. The van der Waals surface area contributed by atoms with Crippen molar-refractivity contribution in [3.05, 3.63) is 76.3 Å². The van der Waals surface area contributed by atoms with Crippen LogP contribution in [0.15, 0.2) is 48.5 Å². The fraction of sp³-hybridized carbons (Fsp3) is 0.150. The van der Waals surface area contributed by atoms with Crippen molar-refractivity contribution in [2.45, 2.75) is 13.3 Å². The van der Waals surface area contributed by atoms with Crippen molar-refractivity contribution in [3.63, 3.8) is 0 Å². The standard InChI is InChI=1S/C20H16F2N4OS/c1-12-17(10-11-23-19(27)14-4-8-16(22)9-5-14)28-20-24-18(25-26(12)20)13-2-6-15(21)7-3-13/h2-9H,10-11H2,1H3,(H,23,27). The van der Waals surface area contributed by atoms with E-state index in [1.165, 1.54) is 47.7 Å². The number of aryl methyl sites for hydroxylation is 1. The topological polar surface area (TPSA) is 59.3 Å². The molecule has 0 fully saturated rings. The van der Waals surface area contributed by atoms with Crippen LogP contribution in [0.4, 0.5) is 8.78 Å². The highest BCUT2D eigenvalue weighted by atomic mass is 32.1. The molecule has 4 aromatic rings. The number of hydrogen-bond acceptors (Lipinski definition) is 4. The number of carbonyl (C=O) groups is 1. The molecular weight excluding hydrogens is 382 g/mol. The summed E-state index contributed by atoms with van der Waals surface area (Å²) in [6.45, 7) is 2.40. The number of rotatable bonds is 5. The van der Waals surface area contributed by atoms with E-state index < -0.39 is 0 Å². The molecule has 142 valence electrons. The maximum Gasteiger partial charge on any atom is 0.251 e. The number of carbonyl (C=O) groups excluding carboxylic acids is 1. The van der Waals surface area contributed by atoms with Crippen LogP contribution in [-0.2, 0) is 6.42 Å². The summed E-state index contributed by atoms with van der Waals surface area (Å²) in [6.07, 6.45) is 0.639. The van der Waals surface area contributed by atoms with Crippen molar-refractivity contribution in [2.75, 3.05) is 6.54 Å². The lowest BCUT2D eigenvalue weighted by Crippen LogP contribution is -2.25. The third-order valence-electron chi connectivity index (χ3n) is 4.36. The summed E-state index contributed by atoms with van der Waals surface area (Å²) in [5, 5.41) is 7.34. The van der Waals surface area contributed by atoms with Gasteiger partial charge in [0, 0.05) is 29.0 Å². The highest BCUT2D eigenvalue weighted by Crippen LogP contribution is 2.25. The van der Waals surface area contributed by atoms with E-state index in [0.29, 0.717) is 24.4 Å². The molecule has 0 saturated carbocycles. The van der Waals surface area contributed by atoms with Gasteiger partial charge in [0.1, 0.15) is 11.6 Å². The number of aromatic nitrogens is 3. The summed E-state index contributed by atoms with van der Waals surface area (Å²) in [5.41, 5.74) is 2.13. The molecule has 0 aliphatic heterocycles. The molecule has 0 atom stereocenters. The molecule has 2 aromatic carbocycles. The van der Waals surface area contributed by atoms with Crippen LogP contribution in [0.2, 0.25) is 0 Å². The summed E-state index contributed by atoms with van der Waals surface area (Å²) in [7, 11) is 0. The minimum absolute atomic E-state index is 0.240. The SMILES string of the molecule is Cc1c(CCNC(=O)c2ccc(F)cc2)sc2nc(-c3ccc(F)cc3)nn12. The molecule has 28 heavy (non-hydrogen) atoms. The molecule has 2 heterocycles. The second kappa shape index (κ2) is 7.47. The van der Waals surface area contributed by atoms with Crippen molar-refractivity contribution in [2.24, 2.45) is 0 Å². The number of benzene rings is 2. The monoisotopic (exact) mass is 398 g/mol. The number of amides is 1. The zero-order valence-electron chi connectivity index (χ0n) is 14.9. The molecule has 5 nitrogen and oxygen atoms in total. The molecule has 1 amide bonds. The second-order valence-electron chi connectivity index (χ2n) is 6.26. The molecule has 2 aromatic heterocycles. The Hall–Kier alpha value is -3.13. The summed E-state index contributed by atoms with van der Waals surface area (Å²) < 4.78 is 27.8. The van der Waals surface area contributed by atoms with Crippen LogP contribution in [0.3, 0.4) is 0 Å². The van der Waals surface area contributed by atoms with Crippen molar-refractivity contribution in [1.29, 1.82) is 0 Å². The maximum absolute atomic E-state index is 13.1. The molecule has 4 rings (SSSR count). The van der Waals surface area contributed by atoms with Gasteiger partial charge >= 0.3 is 0 Å². The predicted octanol–water partition coefficient (Wildman–Crippen LogP) is 4.02. The van der Waals surface area contributed by atoms with Gasteiger partial charge in [-0.05, 0) is 55.5 Å². The van der Waals surface area contributed by atoms with Gasteiger partial charge in [0.15, 0.2) is 5.82 Å². The molecule has 0 saturated heterocycles. The Kier molecular flexibility index (Phi) is 4.87. The first kappa shape index (κ1) is 18.2. The minimum atomic E-state index is -0.374. The lowest BCUT2D eigenvalue weighted by atomic mass is 10.2. The lowest BCUT2D eigenvalue weighted by molar-refractivity contribution is 0.0954. The van der Waals surface area contributed by atoms with Crippen LogP contribution in [0.5, 0.6) is 0 Å². The van der Waals surface area contributed by atoms with E-state index in [-0.39, 0.29) is 17.5 Å². The second-order valence-corrected chi connectivity index (χ2v) is 7.32. The number of nitrogens with zero attached hydrogens (tertiary/aromatic N) is 3. The van der Waals surface area contributed by atoms with Gasteiger partial charge in [0.25, 0.3) is 5.91 Å². The third kappa shape index (κ3) is 3.63. The Morgan fingerprint density at radius 3 is 2.36 bits per heavy atom. The van der Waals surface area contributed by atoms with E-state index in [2.05, 4.69) is 15.4 Å². The fourth-order valence-corrected chi connectivity index (χ4v) is 3.89. The van der Waals surface area contributed by atoms with E-state index >= 15 is 0 Å². The van der Waals surface area contributed by atoms with Crippen molar-refractivity contribution in [1.82, 2.24) is 19.9 Å². The van der Waals surface area contributed by atoms with E-state index in [9.17, 15) is 13.6 Å². The molecule has 0 unspecified atom stereocenters. The normalized spacial score (nSPS) is 11.1. The first-order chi connectivity index (χ1) is 13.5. The molecule has 0 radical (unpaired) electrons. The summed E-state index contributed by atoms with van der Waals surface area (Å²) >= 11 is 1.51. The highest BCUT2D eigenvalue weighted by Gasteiger charge is 2.14. The molecule has 0 aliphatic rings. The number of halogens is 2.